The van der Waals surface area contributed by atoms with Crippen molar-refractivity contribution < 1.29 is 5.11 Å². The van der Waals surface area contributed by atoms with E-state index in [1.54, 1.807) is 0 Å². The number of para-hydroxylation sites is 1. The van der Waals surface area contributed by atoms with Crippen molar-refractivity contribution in [2.75, 3.05) is 18.8 Å². The van der Waals surface area contributed by atoms with Gasteiger partial charge in [-0.25, -0.2) is 0 Å². The van der Waals surface area contributed by atoms with Crippen molar-refractivity contribution in [3.63, 3.8) is 0 Å². The summed E-state index contributed by atoms with van der Waals surface area (Å²) in [6.45, 7) is 4.01. The number of nitrogens with two attached hydrogens (primary N) is 1. The average molecular weight is 234 g/mol. The van der Waals surface area contributed by atoms with Crippen LogP contribution in [-0.2, 0) is 0 Å². The second-order valence-corrected chi connectivity index (χ2v) is 4.98. The Balaban J connectivity index is 2.01. The number of benzene rings is 1. The molecule has 1 aromatic rings. The van der Waals surface area contributed by atoms with Crippen molar-refractivity contribution in [1.29, 1.82) is 0 Å². The highest BCUT2D eigenvalue weighted by Crippen LogP contribution is 2.24. The molecule has 3 heteroatoms. The molecule has 94 valence electrons. The highest BCUT2D eigenvalue weighted by molar-refractivity contribution is 5.47. The molecule has 0 amide bonds. The summed E-state index contributed by atoms with van der Waals surface area (Å²) in [4.78, 5) is 2.36. The molecule has 2 atom stereocenters. The van der Waals surface area contributed by atoms with E-state index in [4.69, 9.17) is 5.73 Å². The fourth-order valence-electron chi connectivity index (χ4n) is 2.56. The van der Waals surface area contributed by atoms with Crippen LogP contribution >= 0.6 is 0 Å². The lowest BCUT2D eigenvalue weighted by Gasteiger charge is -2.34. The average Bonchev–Trinajstić information content (AvgIpc) is 2.32. The van der Waals surface area contributed by atoms with Gasteiger partial charge in [0.15, 0.2) is 0 Å². The number of anilines is 1. The van der Waals surface area contributed by atoms with Crippen LogP contribution in [0.25, 0.3) is 0 Å². The minimum Gasteiger partial charge on any atom is -0.398 e. The predicted molar refractivity (Wildman–Crippen MR) is 70.7 cm³/mol. The molecule has 0 aromatic heterocycles. The first-order valence-corrected chi connectivity index (χ1v) is 6.45. The van der Waals surface area contributed by atoms with Gasteiger partial charge in [-0.05, 0) is 32.4 Å². The maximum absolute atomic E-state index is 10.2. The van der Waals surface area contributed by atoms with Gasteiger partial charge in [-0.1, -0.05) is 24.6 Å². The van der Waals surface area contributed by atoms with Gasteiger partial charge < -0.3 is 10.8 Å². The van der Waals surface area contributed by atoms with E-state index in [1.807, 2.05) is 24.3 Å². The second kappa shape index (κ2) is 5.52. The molecule has 1 fully saturated rings. The number of hydrogen-bond acceptors (Lipinski definition) is 3. The summed E-state index contributed by atoms with van der Waals surface area (Å²) in [5.41, 5.74) is 7.42. The molecular formula is C14H22N2O. The lowest BCUT2D eigenvalue weighted by molar-refractivity contribution is 0.0736. The smallest absolute Gasteiger partial charge is 0.0936 e. The third kappa shape index (κ3) is 2.99. The number of aliphatic hydroxyl groups excluding tert-OH is 1. The fourth-order valence-corrected chi connectivity index (χ4v) is 2.56. The van der Waals surface area contributed by atoms with Gasteiger partial charge in [0.1, 0.15) is 0 Å². The number of rotatable bonds is 3. The summed E-state index contributed by atoms with van der Waals surface area (Å²) in [5.74, 6) is 0. The van der Waals surface area contributed by atoms with Crippen molar-refractivity contribution >= 4 is 5.69 Å². The molecule has 17 heavy (non-hydrogen) atoms. The minimum atomic E-state index is -0.475. The SMILES string of the molecule is CC1CCCCN1CC(O)c1ccccc1N. The van der Waals surface area contributed by atoms with Gasteiger partial charge in [0.05, 0.1) is 6.10 Å². The molecule has 0 radical (unpaired) electrons. The number of nitrogens with zero attached hydrogens (tertiary/aromatic N) is 1. The van der Waals surface area contributed by atoms with Gasteiger partial charge in [-0.15, -0.1) is 0 Å². The first-order chi connectivity index (χ1) is 8.18. The van der Waals surface area contributed by atoms with Crippen molar-refractivity contribution in [3.8, 4) is 0 Å². The van der Waals surface area contributed by atoms with Crippen molar-refractivity contribution in [1.82, 2.24) is 4.90 Å². The molecule has 0 bridgehead atoms. The van der Waals surface area contributed by atoms with Gasteiger partial charge in [-0.2, -0.15) is 0 Å². The molecule has 2 unspecified atom stereocenters. The molecule has 2 rings (SSSR count). The van der Waals surface area contributed by atoms with Crippen LogP contribution < -0.4 is 5.73 Å². The van der Waals surface area contributed by atoms with Crippen LogP contribution in [0.3, 0.4) is 0 Å². The van der Waals surface area contributed by atoms with Crippen LogP contribution in [-0.4, -0.2) is 29.1 Å². The Morgan fingerprint density at radius 2 is 2.18 bits per heavy atom. The van der Waals surface area contributed by atoms with Crippen LogP contribution in [0.2, 0.25) is 0 Å². The van der Waals surface area contributed by atoms with E-state index in [2.05, 4.69) is 11.8 Å². The summed E-state index contributed by atoms with van der Waals surface area (Å²) >= 11 is 0. The normalized spacial score (nSPS) is 23.5. The molecule has 0 saturated carbocycles. The van der Waals surface area contributed by atoms with Crippen LogP contribution in [0.4, 0.5) is 5.69 Å². The van der Waals surface area contributed by atoms with Crippen LogP contribution in [0.1, 0.15) is 37.9 Å². The zero-order valence-corrected chi connectivity index (χ0v) is 10.5. The molecule has 3 N–H and O–H groups in total. The van der Waals surface area contributed by atoms with Crippen molar-refractivity contribution in [2.24, 2.45) is 0 Å². The summed E-state index contributed by atoms with van der Waals surface area (Å²) in [7, 11) is 0. The molecule has 1 aliphatic heterocycles. The maximum Gasteiger partial charge on any atom is 0.0936 e. The van der Waals surface area contributed by atoms with E-state index in [9.17, 15) is 5.11 Å². The van der Waals surface area contributed by atoms with Crippen LogP contribution in [0, 0.1) is 0 Å². The zero-order chi connectivity index (χ0) is 12.3. The molecule has 0 spiro atoms. The Kier molecular flexibility index (Phi) is 4.02. The molecule has 1 aliphatic rings. The van der Waals surface area contributed by atoms with E-state index in [1.165, 1.54) is 19.3 Å². The van der Waals surface area contributed by atoms with Crippen LogP contribution in [0.5, 0.6) is 0 Å². The van der Waals surface area contributed by atoms with E-state index < -0.39 is 6.10 Å². The maximum atomic E-state index is 10.2. The lowest BCUT2D eigenvalue weighted by Crippen LogP contribution is -2.40. The second-order valence-electron chi connectivity index (χ2n) is 4.98. The van der Waals surface area contributed by atoms with Crippen molar-refractivity contribution in [3.05, 3.63) is 29.8 Å². The van der Waals surface area contributed by atoms with Crippen LogP contribution in [0.15, 0.2) is 24.3 Å². The number of piperidine rings is 1. The Hall–Kier alpha value is -1.06. The summed E-state index contributed by atoms with van der Waals surface area (Å²) in [6, 6.07) is 8.15. The number of β-amino-alcohol motifs (C(OH)–C–C–N with tert-alkyl or cyclic N) is 1. The van der Waals surface area contributed by atoms with E-state index >= 15 is 0 Å². The Bertz CT molecular complexity index is 367. The standard InChI is InChI=1S/C14H22N2O/c1-11-6-4-5-9-16(11)10-14(17)12-7-2-3-8-13(12)15/h2-3,7-8,11,14,17H,4-6,9-10,15H2,1H3. The first kappa shape index (κ1) is 12.4. The highest BCUT2D eigenvalue weighted by atomic mass is 16.3. The topological polar surface area (TPSA) is 49.5 Å². The zero-order valence-electron chi connectivity index (χ0n) is 10.5. The Morgan fingerprint density at radius 3 is 2.88 bits per heavy atom. The number of likely N-dealkylation sites (tertiary alicyclic amines) is 1. The summed E-state index contributed by atoms with van der Waals surface area (Å²) < 4.78 is 0. The molecular weight excluding hydrogens is 212 g/mol. The molecule has 0 aliphatic carbocycles. The van der Waals surface area contributed by atoms with E-state index in [-0.39, 0.29) is 0 Å². The number of nitrogen functional groups attached to an aromatic ring is 1. The monoisotopic (exact) mass is 234 g/mol. The Morgan fingerprint density at radius 1 is 1.41 bits per heavy atom. The molecule has 3 nitrogen and oxygen atoms in total. The lowest BCUT2D eigenvalue weighted by atomic mass is 10.0. The van der Waals surface area contributed by atoms with E-state index in [0.717, 1.165) is 12.1 Å². The van der Waals surface area contributed by atoms with Gasteiger partial charge in [0.2, 0.25) is 0 Å². The van der Waals surface area contributed by atoms with Gasteiger partial charge in [0.25, 0.3) is 0 Å². The quantitative estimate of drug-likeness (QED) is 0.788. The third-order valence-corrected chi connectivity index (χ3v) is 3.70. The Labute approximate surface area is 103 Å². The first-order valence-electron chi connectivity index (χ1n) is 6.45. The van der Waals surface area contributed by atoms with Gasteiger partial charge >= 0.3 is 0 Å². The number of hydrogen-bond donors (Lipinski definition) is 2. The molecule has 1 saturated heterocycles. The minimum absolute atomic E-state index is 0.475. The third-order valence-electron chi connectivity index (χ3n) is 3.70. The van der Waals surface area contributed by atoms with E-state index in [0.29, 0.717) is 18.3 Å². The predicted octanol–water partition coefficient (Wildman–Crippen LogP) is 2.18. The number of aliphatic hydroxyl groups is 1. The highest BCUT2D eigenvalue weighted by Gasteiger charge is 2.22. The van der Waals surface area contributed by atoms with Crippen molar-refractivity contribution in [2.45, 2.75) is 38.3 Å². The summed E-state index contributed by atoms with van der Waals surface area (Å²) in [6.07, 6.45) is 3.30. The molecule has 1 heterocycles. The largest absolute Gasteiger partial charge is 0.398 e. The molecule has 1 aromatic carbocycles. The summed E-state index contributed by atoms with van der Waals surface area (Å²) in [5, 5.41) is 10.2. The fraction of sp³-hybridized carbons (Fsp3) is 0.571. The van der Waals surface area contributed by atoms with Gasteiger partial charge in [0, 0.05) is 23.8 Å². The van der Waals surface area contributed by atoms with Gasteiger partial charge in [-0.3, -0.25) is 4.90 Å².